The summed E-state index contributed by atoms with van der Waals surface area (Å²) in [5, 5.41) is 0. The highest BCUT2D eigenvalue weighted by molar-refractivity contribution is 4.90. The van der Waals surface area contributed by atoms with Gasteiger partial charge in [0.15, 0.2) is 0 Å². The van der Waals surface area contributed by atoms with Crippen LogP contribution >= 0.6 is 0 Å². The molecule has 0 spiro atoms. The highest BCUT2D eigenvalue weighted by atomic mass is 15.1. The smallest absolute Gasteiger partial charge is 0.247 e. The van der Waals surface area contributed by atoms with Crippen LogP contribution in [-0.4, -0.2) is 4.98 Å². The molecule has 0 fully saturated rings. The normalized spacial score (nSPS) is 13.5. The number of nitrogens with zero attached hydrogens (tertiary/aromatic N) is 1. The van der Waals surface area contributed by atoms with Crippen molar-refractivity contribution in [1.29, 1.82) is 0 Å². The number of aromatic nitrogens is 2. The zero-order valence-corrected chi connectivity index (χ0v) is 22.6. The first-order chi connectivity index (χ1) is 15.7. The van der Waals surface area contributed by atoms with Crippen molar-refractivity contribution in [3.63, 3.8) is 0 Å². The Morgan fingerprint density at radius 3 is 1.50 bits per heavy atom. The van der Waals surface area contributed by atoms with Crippen molar-refractivity contribution in [2.24, 2.45) is 0 Å². The monoisotopic (exact) mass is 447 g/mol. The molecule has 2 unspecified atom stereocenters. The molecular weight excluding hydrogens is 388 g/mol. The molecule has 0 saturated carbocycles. The van der Waals surface area contributed by atoms with Crippen molar-refractivity contribution in [1.82, 2.24) is 4.98 Å². The molecule has 2 nitrogen and oxygen atoms in total. The Balaban J connectivity index is 2.51. The van der Waals surface area contributed by atoms with E-state index in [1.165, 1.54) is 141 Å². The van der Waals surface area contributed by atoms with Crippen LogP contribution in [0.1, 0.15) is 180 Å². The van der Waals surface area contributed by atoms with Gasteiger partial charge in [-0.1, -0.05) is 130 Å². The van der Waals surface area contributed by atoms with Gasteiger partial charge in [-0.2, -0.15) is 0 Å². The second-order valence-corrected chi connectivity index (χ2v) is 10.5. The van der Waals surface area contributed by atoms with Gasteiger partial charge in [0.1, 0.15) is 12.4 Å². The van der Waals surface area contributed by atoms with Crippen LogP contribution in [0.3, 0.4) is 0 Å². The third-order valence-electron chi connectivity index (χ3n) is 7.39. The Kier molecular flexibility index (Phi) is 19.0. The molecular formula is C30H59N2+. The Morgan fingerprint density at radius 2 is 1.00 bits per heavy atom. The van der Waals surface area contributed by atoms with Gasteiger partial charge in [-0.05, 0) is 32.6 Å². The summed E-state index contributed by atoms with van der Waals surface area (Å²) in [6.45, 7) is 9.35. The number of hydrogen-bond acceptors (Lipinski definition) is 0. The van der Waals surface area contributed by atoms with Crippen molar-refractivity contribution in [3.05, 3.63) is 18.2 Å². The molecule has 0 aliphatic rings. The summed E-state index contributed by atoms with van der Waals surface area (Å²) < 4.78 is 2.59. The molecule has 0 aliphatic carbocycles. The van der Waals surface area contributed by atoms with Crippen molar-refractivity contribution in [2.75, 3.05) is 0 Å². The minimum atomic E-state index is 0.623. The van der Waals surface area contributed by atoms with Gasteiger partial charge in [-0.15, -0.1) is 0 Å². The molecule has 1 N–H and O–H groups in total. The summed E-state index contributed by atoms with van der Waals surface area (Å²) in [4.78, 5) is 3.68. The SMILES string of the molecule is CCCCCCCCCCC(CCCCCCCCC)c1[nH]cc[n+]1C(C)CCCCC. The van der Waals surface area contributed by atoms with Gasteiger partial charge < -0.3 is 0 Å². The van der Waals surface area contributed by atoms with E-state index in [9.17, 15) is 0 Å². The summed E-state index contributed by atoms with van der Waals surface area (Å²) in [7, 11) is 0. The maximum absolute atomic E-state index is 3.68. The third-order valence-corrected chi connectivity index (χ3v) is 7.39. The molecule has 1 aromatic rings. The summed E-state index contributed by atoms with van der Waals surface area (Å²) in [6, 6.07) is 0.623. The van der Waals surface area contributed by atoms with Gasteiger partial charge in [-0.25, -0.2) is 9.55 Å². The van der Waals surface area contributed by atoms with Gasteiger partial charge in [0.2, 0.25) is 0 Å². The second-order valence-electron chi connectivity index (χ2n) is 10.5. The van der Waals surface area contributed by atoms with E-state index in [1.54, 1.807) is 0 Å². The van der Waals surface area contributed by atoms with Gasteiger partial charge in [0.05, 0.1) is 12.0 Å². The molecule has 2 atom stereocenters. The van der Waals surface area contributed by atoms with E-state index in [1.807, 2.05) is 0 Å². The van der Waals surface area contributed by atoms with Crippen molar-refractivity contribution in [2.45, 2.75) is 174 Å². The van der Waals surface area contributed by atoms with Crippen LogP contribution in [0.4, 0.5) is 0 Å². The lowest BCUT2D eigenvalue weighted by atomic mass is 9.92. The van der Waals surface area contributed by atoms with Crippen LogP contribution in [-0.2, 0) is 0 Å². The predicted molar refractivity (Wildman–Crippen MR) is 142 cm³/mol. The topological polar surface area (TPSA) is 19.7 Å². The quantitative estimate of drug-likeness (QED) is 0.127. The first kappa shape index (κ1) is 29.2. The molecule has 0 bridgehead atoms. The third kappa shape index (κ3) is 13.7. The predicted octanol–water partition coefficient (Wildman–Crippen LogP) is 10.2. The lowest BCUT2D eigenvalue weighted by Crippen LogP contribution is -2.41. The molecule has 1 aromatic heterocycles. The van der Waals surface area contributed by atoms with Crippen molar-refractivity contribution < 1.29 is 4.57 Å². The van der Waals surface area contributed by atoms with Crippen molar-refractivity contribution in [3.8, 4) is 0 Å². The number of H-pyrrole nitrogens is 1. The van der Waals surface area contributed by atoms with Crippen LogP contribution in [0.5, 0.6) is 0 Å². The summed E-state index contributed by atoms with van der Waals surface area (Å²) in [5.41, 5.74) is 0. The van der Waals surface area contributed by atoms with Gasteiger partial charge >= 0.3 is 0 Å². The molecule has 188 valence electrons. The number of nitrogens with one attached hydrogen (secondary N) is 1. The minimum absolute atomic E-state index is 0.623. The summed E-state index contributed by atoms with van der Waals surface area (Å²) >= 11 is 0. The molecule has 1 heterocycles. The van der Waals surface area contributed by atoms with Gasteiger partial charge in [0.25, 0.3) is 5.82 Å². The zero-order valence-electron chi connectivity index (χ0n) is 22.6. The first-order valence-corrected chi connectivity index (χ1v) is 14.8. The molecule has 0 aliphatic heterocycles. The Hall–Kier alpha value is -0.790. The van der Waals surface area contributed by atoms with Crippen LogP contribution in [0.25, 0.3) is 0 Å². The van der Waals surface area contributed by atoms with E-state index >= 15 is 0 Å². The maximum Gasteiger partial charge on any atom is 0.257 e. The van der Waals surface area contributed by atoms with E-state index in [0.29, 0.717) is 12.0 Å². The van der Waals surface area contributed by atoms with Crippen LogP contribution in [0.15, 0.2) is 12.4 Å². The van der Waals surface area contributed by atoms with E-state index in [4.69, 9.17) is 0 Å². The van der Waals surface area contributed by atoms with Gasteiger partial charge in [-0.3, -0.25) is 0 Å². The number of aromatic amines is 1. The van der Waals surface area contributed by atoms with E-state index in [0.717, 1.165) is 0 Å². The first-order valence-electron chi connectivity index (χ1n) is 14.8. The second kappa shape index (κ2) is 20.8. The van der Waals surface area contributed by atoms with Gasteiger partial charge in [0, 0.05) is 0 Å². The minimum Gasteiger partial charge on any atom is -0.247 e. The molecule has 0 saturated heterocycles. The molecule has 2 heteroatoms. The van der Waals surface area contributed by atoms with E-state index < -0.39 is 0 Å². The number of unbranched alkanes of at least 4 members (excludes halogenated alkanes) is 15. The maximum atomic E-state index is 3.68. The largest absolute Gasteiger partial charge is 0.257 e. The van der Waals surface area contributed by atoms with Crippen LogP contribution in [0, 0.1) is 0 Å². The zero-order chi connectivity index (χ0) is 23.3. The van der Waals surface area contributed by atoms with Crippen LogP contribution < -0.4 is 4.57 Å². The average molecular weight is 448 g/mol. The fourth-order valence-electron chi connectivity index (χ4n) is 5.19. The highest BCUT2D eigenvalue weighted by Gasteiger charge is 2.25. The standard InChI is InChI=1S/C30H58N2/c1-5-8-11-13-15-17-19-22-25-29(24-21-18-16-14-12-9-6-2)30-31-26-27-32(30)28(4)23-20-10-7-3/h26-29H,5-25H2,1-4H3/p+1. The van der Waals surface area contributed by atoms with E-state index in [-0.39, 0.29) is 0 Å². The van der Waals surface area contributed by atoms with Crippen molar-refractivity contribution >= 4 is 0 Å². The molecule has 1 rings (SSSR count). The fraction of sp³-hybridized carbons (Fsp3) is 0.900. The Labute approximate surface area is 202 Å². The molecule has 32 heavy (non-hydrogen) atoms. The average Bonchev–Trinajstić information content (AvgIpc) is 3.29. The molecule has 0 aromatic carbocycles. The van der Waals surface area contributed by atoms with Crippen LogP contribution in [0.2, 0.25) is 0 Å². The highest BCUT2D eigenvalue weighted by Crippen LogP contribution is 2.27. The Bertz CT molecular complexity index is 507. The fourth-order valence-corrected chi connectivity index (χ4v) is 5.19. The summed E-state index contributed by atoms with van der Waals surface area (Å²) in [5.74, 6) is 2.23. The molecule has 0 amide bonds. The molecule has 0 radical (unpaired) electrons. The number of hydrogen-bond donors (Lipinski definition) is 1. The lowest BCUT2D eigenvalue weighted by Gasteiger charge is -2.17. The summed E-state index contributed by atoms with van der Waals surface area (Å²) in [6.07, 6.45) is 33.9. The number of rotatable bonds is 23. The Morgan fingerprint density at radius 1 is 0.594 bits per heavy atom. The van der Waals surface area contributed by atoms with E-state index in [2.05, 4.69) is 49.6 Å². The lowest BCUT2D eigenvalue weighted by molar-refractivity contribution is -0.727. The number of imidazole rings is 1.